The van der Waals surface area contributed by atoms with Crippen LogP contribution >= 0.6 is 0 Å². The third-order valence-corrected chi connectivity index (χ3v) is 1.79. The van der Waals surface area contributed by atoms with Gasteiger partial charge in [-0.15, -0.1) is 0 Å². The fraction of sp³-hybridized carbons (Fsp3) is 0.778. The summed E-state index contributed by atoms with van der Waals surface area (Å²) >= 11 is 0. The topological polar surface area (TPSA) is 58.6 Å². The molecule has 0 spiro atoms. The minimum atomic E-state index is -3.08. The summed E-state index contributed by atoms with van der Waals surface area (Å²) in [6, 6.07) is 0. The summed E-state index contributed by atoms with van der Waals surface area (Å²) in [5, 5.41) is 2.48. The zero-order chi connectivity index (χ0) is 12.6. The molecule has 0 fully saturated rings. The van der Waals surface area contributed by atoms with E-state index in [1.165, 1.54) is 7.11 Å². The van der Waals surface area contributed by atoms with Crippen molar-refractivity contribution in [2.75, 3.05) is 33.9 Å². The molecule has 0 aliphatic carbocycles. The highest BCUT2D eigenvalue weighted by atomic mass is 19.3. The molecule has 0 aromatic carbocycles. The Morgan fingerprint density at radius 2 is 2.06 bits per heavy atom. The van der Waals surface area contributed by atoms with Crippen LogP contribution in [0.15, 0.2) is 0 Å². The van der Waals surface area contributed by atoms with E-state index in [2.05, 4.69) is 5.32 Å². The number of carbonyl (C=O) groups is 2. The van der Waals surface area contributed by atoms with Crippen LogP contribution in [0, 0.1) is 0 Å². The normalized spacial score (nSPS) is 10.3. The molecule has 5 nitrogen and oxygen atoms in total. The number of likely N-dealkylation sites (N-methyl/N-ethyl adjacent to an activating group) is 1. The third-order valence-electron chi connectivity index (χ3n) is 1.79. The first-order valence-electron chi connectivity index (χ1n) is 4.77. The van der Waals surface area contributed by atoms with Gasteiger partial charge >= 0.3 is 6.43 Å². The predicted molar refractivity (Wildman–Crippen MR) is 53.1 cm³/mol. The van der Waals surface area contributed by atoms with Crippen LogP contribution < -0.4 is 5.32 Å². The van der Waals surface area contributed by atoms with Gasteiger partial charge in [-0.05, 0) is 6.42 Å². The summed E-state index contributed by atoms with van der Waals surface area (Å²) in [5.74, 6) is -1.82. The van der Waals surface area contributed by atoms with Crippen LogP contribution in [0.1, 0.15) is 6.42 Å². The van der Waals surface area contributed by atoms with Gasteiger partial charge in [-0.25, -0.2) is 0 Å². The van der Waals surface area contributed by atoms with E-state index in [1.807, 2.05) is 0 Å². The van der Waals surface area contributed by atoms with Crippen LogP contribution in [-0.4, -0.2) is 57.0 Å². The molecule has 94 valence electrons. The van der Waals surface area contributed by atoms with Gasteiger partial charge in [0.15, 0.2) is 0 Å². The first-order chi connectivity index (χ1) is 7.49. The van der Waals surface area contributed by atoms with Gasteiger partial charge < -0.3 is 15.0 Å². The molecule has 2 amide bonds. The molecule has 0 heterocycles. The number of amides is 2. The molecule has 0 aromatic rings. The fourth-order valence-electron chi connectivity index (χ4n) is 0.960. The van der Waals surface area contributed by atoms with Gasteiger partial charge in [0.05, 0.1) is 6.54 Å². The van der Waals surface area contributed by atoms with Crippen LogP contribution in [0.5, 0.6) is 0 Å². The molecule has 0 bridgehead atoms. The first-order valence-corrected chi connectivity index (χ1v) is 4.77. The van der Waals surface area contributed by atoms with E-state index in [1.54, 1.807) is 0 Å². The van der Waals surface area contributed by atoms with E-state index in [0.29, 0.717) is 24.5 Å². The zero-order valence-corrected chi connectivity index (χ0v) is 9.33. The van der Waals surface area contributed by atoms with Gasteiger partial charge in [0, 0.05) is 27.3 Å². The largest absolute Gasteiger partial charge is 0.385 e. The smallest absolute Gasteiger partial charge is 0.315 e. The highest BCUT2D eigenvalue weighted by Gasteiger charge is 2.21. The van der Waals surface area contributed by atoms with Gasteiger partial charge in [0.25, 0.3) is 5.91 Å². The highest BCUT2D eigenvalue weighted by Crippen LogP contribution is 1.97. The number of methoxy groups -OCH3 is 1. The van der Waals surface area contributed by atoms with Gasteiger partial charge in [-0.3, -0.25) is 9.59 Å². The standard InChI is InChI=1S/C9H16F2N2O3/c1-13(9(15)8(10)11)6-7(14)12-4-3-5-16-2/h8H,3-6H2,1-2H3,(H,12,14). The molecule has 0 aliphatic rings. The van der Waals surface area contributed by atoms with Gasteiger partial charge in [0.1, 0.15) is 0 Å². The van der Waals surface area contributed by atoms with Crippen molar-refractivity contribution < 1.29 is 23.1 Å². The molecule has 0 unspecified atom stereocenters. The molecule has 0 saturated heterocycles. The van der Waals surface area contributed by atoms with Crippen molar-refractivity contribution in [1.29, 1.82) is 0 Å². The molecule has 0 aliphatic heterocycles. The molecule has 0 saturated carbocycles. The maximum absolute atomic E-state index is 11.9. The van der Waals surface area contributed by atoms with Crippen LogP contribution in [-0.2, 0) is 14.3 Å². The lowest BCUT2D eigenvalue weighted by molar-refractivity contribution is -0.144. The van der Waals surface area contributed by atoms with Crippen molar-refractivity contribution in [2.24, 2.45) is 0 Å². The second-order valence-electron chi connectivity index (χ2n) is 3.19. The van der Waals surface area contributed by atoms with Crippen LogP contribution in [0.3, 0.4) is 0 Å². The molecule has 0 atom stereocenters. The lowest BCUT2D eigenvalue weighted by Gasteiger charge is -2.15. The summed E-state index contributed by atoms with van der Waals surface area (Å²) in [6.45, 7) is 0.533. The summed E-state index contributed by atoms with van der Waals surface area (Å²) in [7, 11) is 2.69. The average Bonchev–Trinajstić information content (AvgIpc) is 2.23. The number of halogens is 2. The molecular formula is C9H16F2N2O3. The zero-order valence-electron chi connectivity index (χ0n) is 9.33. The van der Waals surface area contributed by atoms with Crippen LogP contribution in [0.25, 0.3) is 0 Å². The van der Waals surface area contributed by atoms with E-state index in [-0.39, 0.29) is 6.54 Å². The van der Waals surface area contributed by atoms with Crippen molar-refractivity contribution in [3.05, 3.63) is 0 Å². The Kier molecular flexibility index (Phi) is 7.36. The Labute approximate surface area is 92.7 Å². The van der Waals surface area contributed by atoms with Crippen molar-refractivity contribution in [3.8, 4) is 0 Å². The number of alkyl halides is 2. The Bertz CT molecular complexity index is 237. The van der Waals surface area contributed by atoms with Crippen molar-refractivity contribution in [3.63, 3.8) is 0 Å². The molecule has 7 heteroatoms. The quantitative estimate of drug-likeness (QED) is 0.628. The Balaban J connectivity index is 3.74. The maximum atomic E-state index is 11.9. The monoisotopic (exact) mass is 238 g/mol. The molecular weight excluding hydrogens is 222 g/mol. The van der Waals surface area contributed by atoms with Crippen molar-refractivity contribution >= 4 is 11.8 Å². The number of nitrogens with zero attached hydrogens (tertiary/aromatic N) is 1. The molecule has 0 aromatic heterocycles. The minimum absolute atomic E-state index is 0.365. The molecule has 0 rings (SSSR count). The summed E-state index contributed by atoms with van der Waals surface area (Å²) in [5.41, 5.74) is 0. The molecule has 16 heavy (non-hydrogen) atoms. The minimum Gasteiger partial charge on any atom is -0.385 e. The van der Waals surface area contributed by atoms with Crippen molar-refractivity contribution in [1.82, 2.24) is 10.2 Å². The SMILES string of the molecule is COCCCNC(=O)CN(C)C(=O)C(F)F. The van der Waals surface area contributed by atoms with Crippen LogP contribution in [0.2, 0.25) is 0 Å². The Hall–Kier alpha value is -1.24. The van der Waals surface area contributed by atoms with E-state index >= 15 is 0 Å². The van der Waals surface area contributed by atoms with E-state index in [4.69, 9.17) is 4.74 Å². The number of carbonyl (C=O) groups excluding carboxylic acids is 2. The fourth-order valence-corrected chi connectivity index (χ4v) is 0.960. The molecule has 1 N–H and O–H groups in total. The number of ether oxygens (including phenoxy) is 1. The van der Waals surface area contributed by atoms with Crippen molar-refractivity contribution in [2.45, 2.75) is 12.8 Å². The number of hydrogen-bond acceptors (Lipinski definition) is 3. The van der Waals surface area contributed by atoms with Gasteiger partial charge in [-0.1, -0.05) is 0 Å². The number of hydrogen-bond donors (Lipinski definition) is 1. The van der Waals surface area contributed by atoms with Crippen LogP contribution in [0.4, 0.5) is 8.78 Å². The van der Waals surface area contributed by atoms with Gasteiger partial charge in [-0.2, -0.15) is 8.78 Å². The second-order valence-corrected chi connectivity index (χ2v) is 3.19. The maximum Gasteiger partial charge on any atom is 0.315 e. The Morgan fingerprint density at radius 3 is 2.56 bits per heavy atom. The highest BCUT2D eigenvalue weighted by molar-refractivity contribution is 5.85. The van der Waals surface area contributed by atoms with E-state index < -0.39 is 18.2 Å². The molecule has 0 radical (unpaired) electrons. The lowest BCUT2D eigenvalue weighted by atomic mass is 10.4. The number of nitrogens with one attached hydrogen (secondary N) is 1. The second kappa shape index (κ2) is 7.98. The first kappa shape index (κ1) is 14.8. The van der Waals surface area contributed by atoms with E-state index in [9.17, 15) is 18.4 Å². The average molecular weight is 238 g/mol. The third kappa shape index (κ3) is 6.28. The summed E-state index contributed by atoms with van der Waals surface area (Å²) < 4.78 is 28.6. The Morgan fingerprint density at radius 1 is 1.44 bits per heavy atom. The predicted octanol–water partition coefficient (Wildman–Crippen LogP) is -0.137. The summed E-state index contributed by atoms with van der Waals surface area (Å²) in [6.07, 6.45) is -2.44. The van der Waals surface area contributed by atoms with E-state index in [0.717, 1.165) is 7.05 Å². The lowest BCUT2D eigenvalue weighted by Crippen LogP contribution is -2.41. The number of rotatable bonds is 7. The van der Waals surface area contributed by atoms with Gasteiger partial charge in [0.2, 0.25) is 5.91 Å². The summed E-state index contributed by atoms with van der Waals surface area (Å²) in [4.78, 5) is 22.6.